The average Bonchev–Trinajstić information content (AvgIpc) is 2.66. The molecule has 0 unspecified atom stereocenters. The van der Waals surface area contributed by atoms with Crippen LogP contribution in [0.4, 0.5) is 20.2 Å². The zero-order valence-electron chi connectivity index (χ0n) is 14.7. The number of carbonyl (C=O) groups is 1. The predicted octanol–water partition coefficient (Wildman–Crippen LogP) is 4.00. The first kappa shape index (κ1) is 20.7. The Kier molecular flexibility index (Phi) is 6.09. The first-order valence-corrected chi connectivity index (χ1v) is 10.1. The highest BCUT2D eigenvalue weighted by Gasteiger charge is 2.17. The van der Waals surface area contributed by atoms with Gasteiger partial charge in [-0.25, -0.2) is 22.2 Å². The van der Waals surface area contributed by atoms with E-state index >= 15 is 0 Å². The molecule has 2 aromatic carbocycles. The van der Waals surface area contributed by atoms with Crippen LogP contribution in [0, 0.1) is 11.6 Å². The minimum atomic E-state index is -4.09. The number of nitrogens with one attached hydrogen (secondary N) is 2. The minimum absolute atomic E-state index is 0.0651. The fraction of sp³-hybridized carbons (Fsp3) is 0.0526. The highest BCUT2D eigenvalue weighted by Crippen LogP contribution is 2.21. The molecular formula is C19H14ClF2N3O3S. The number of amides is 1. The third-order valence-corrected chi connectivity index (χ3v) is 5.38. The second kappa shape index (κ2) is 8.54. The molecule has 0 spiro atoms. The lowest BCUT2D eigenvalue weighted by Gasteiger charge is -2.10. The molecular weight excluding hydrogens is 424 g/mol. The molecule has 1 amide bonds. The third kappa shape index (κ3) is 5.49. The van der Waals surface area contributed by atoms with Gasteiger partial charge in [0, 0.05) is 18.0 Å². The first-order valence-electron chi connectivity index (χ1n) is 8.21. The van der Waals surface area contributed by atoms with E-state index in [4.69, 9.17) is 11.6 Å². The van der Waals surface area contributed by atoms with Crippen LogP contribution in [0.15, 0.2) is 65.7 Å². The monoisotopic (exact) mass is 437 g/mol. The lowest BCUT2D eigenvalue weighted by Crippen LogP contribution is -2.16. The first-order chi connectivity index (χ1) is 13.7. The van der Waals surface area contributed by atoms with Crippen molar-refractivity contribution in [3.63, 3.8) is 0 Å². The molecule has 0 aliphatic rings. The summed E-state index contributed by atoms with van der Waals surface area (Å²) in [4.78, 5) is 15.8. The second-order valence-electron chi connectivity index (χ2n) is 5.97. The Morgan fingerprint density at radius 2 is 1.76 bits per heavy atom. The van der Waals surface area contributed by atoms with E-state index < -0.39 is 21.7 Å². The van der Waals surface area contributed by atoms with Gasteiger partial charge in [0.1, 0.15) is 16.8 Å². The average molecular weight is 438 g/mol. The molecule has 0 atom stereocenters. The van der Waals surface area contributed by atoms with E-state index in [1.807, 2.05) is 0 Å². The quantitative estimate of drug-likeness (QED) is 0.571. The van der Waals surface area contributed by atoms with E-state index in [1.54, 1.807) is 12.1 Å². The summed E-state index contributed by atoms with van der Waals surface area (Å²) in [5.41, 5.74) is 0.667. The van der Waals surface area contributed by atoms with Crippen LogP contribution in [0.3, 0.4) is 0 Å². The molecule has 0 radical (unpaired) electrons. The van der Waals surface area contributed by atoms with Crippen molar-refractivity contribution in [2.75, 3.05) is 10.0 Å². The predicted molar refractivity (Wildman–Crippen MR) is 105 cm³/mol. The van der Waals surface area contributed by atoms with Crippen molar-refractivity contribution in [2.45, 2.75) is 11.3 Å². The SMILES string of the molecule is O=C(Cc1ccc(Cl)nc1)Nc1ccc(S(=O)(=O)Nc2ccc(F)cc2F)cc1. The number of hydrogen-bond acceptors (Lipinski definition) is 4. The normalized spacial score (nSPS) is 11.1. The number of rotatable bonds is 6. The van der Waals surface area contributed by atoms with Crippen LogP contribution in [-0.4, -0.2) is 19.3 Å². The van der Waals surface area contributed by atoms with E-state index in [-0.39, 0.29) is 22.9 Å². The van der Waals surface area contributed by atoms with Crippen LogP contribution in [0.25, 0.3) is 0 Å². The van der Waals surface area contributed by atoms with Crippen molar-refractivity contribution in [3.8, 4) is 0 Å². The number of anilines is 2. The number of halogens is 3. The number of benzene rings is 2. The number of sulfonamides is 1. The number of aromatic nitrogens is 1. The maximum Gasteiger partial charge on any atom is 0.261 e. The maximum atomic E-state index is 13.7. The van der Waals surface area contributed by atoms with E-state index in [9.17, 15) is 22.0 Å². The Morgan fingerprint density at radius 3 is 2.38 bits per heavy atom. The molecule has 0 saturated heterocycles. The molecule has 1 heterocycles. The second-order valence-corrected chi connectivity index (χ2v) is 8.04. The highest BCUT2D eigenvalue weighted by molar-refractivity contribution is 7.92. The van der Waals surface area contributed by atoms with E-state index in [0.717, 1.165) is 12.1 Å². The molecule has 0 bridgehead atoms. The van der Waals surface area contributed by atoms with Gasteiger partial charge in [0.05, 0.1) is 17.0 Å². The fourth-order valence-electron chi connectivity index (χ4n) is 2.39. The summed E-state index contributed by atoms with van der Waals surface area (Å²) in [5.74, 6) is -2.18. The van der Waals surface area contributed by atoms with E-state index in [0.29, 0.717) is 22.5 Å². The Balaban J connectivity index is 1.67. The van der Waals surface area contributed by atoms with Crippen molar-refractivity contribution in [2.24, 2.45) is 0 Å². The van der Waals surface area contributed by atoms with Crippen LogP contribution in [0.2, 0.25) is 5.15 Å². The van der Waals surface area contributed by atoms with Crippen molar-refractivity contribution < 1.29 is 22.0 Å². The van der Waals surface area contributed by atoms with Gasteiger partial charge in [-0.05, 0) is 48.0 Å². The van der Waals surface area contributed by atoms with E-state index in [1.165, 1.54) is 30.5 Å². The Bertz CT molecular complexity index is 1140. The molecule has 150 valence electrons. The minimum Gasteiger partial charge on any atom is -0.326 e. The molecule has 29 heavy (non-hydrogen) atoms. The molecule has 0 fully saturated rings. The van der Waals surface area contributed by atoms with Gasteiger partial charge < -0.3 is 5.32 Å². The molecule has 0 saturated carbocycles. The van der Waals surface area contributed by atoms with Crippen LogP contribution in [0.5, 0.6) is 0 Å². The summed E-state index contributed by atoms with van der Waals surface area (Å²) in [6.07, 6.45) is 1.55. The maximum absolute atomic E-state index is 13.7. The standard InChI is InChI=1S/C19H14ClF2N3O3S/c20-18-8-1-12(11-23-18)9-19(26)24-14-3-5-15(6-4-14)29(27,28)25-17-7-2-13(21)10-16(17)22/h1-8,10-11,25H,9H2,(H,24,26). The third-order valence-electron chi connectivity index (χ3n) is 3.78. The number of nitrogens with zero attached hydrogens (tertiary/aromatic N) is 1. The van der Waals surface area contributed by atoms with Crippen LogP contribution in [-0.2, 0) is 21.2 Å². The fourth-order valence-corrected chi connectivity index (χ4v) is 3.57. The zero-order valence-corrected chi connectivity index (χ0v) is 16.3. The summed E-state index contributed by atoms with van der Waals surface area (Å²) >= 11 is 5.69. The van der Waals surface area contributed by atoms with Gasteiger partial charge in [-0.3, -0.25) is 9.52 Å². The van der Waals surface area contributed by atoms with Crippen molar-refractivity contribution in [3.05, 3.63) is 83.1 Å². The topological polar surface area (TPSA) is 88.2 Å². The van der Waals surface area contributed by atoms with Gasteiger partial charge in [-0.15, -0.1) is 0 Å². The summed E-state index contributed by atoms with van der Waals surface area (Å²) in [5, 5.41) is 2.95. The number of carbonyl (C=O) groups excluding carboxylic acids is 1. The number of pyridine rings is 1. The molecule has 0 aliphatic carbocycles. The molecule has 6 nitrogen and oxygen atoms in total. The van der Waals surface area contributed by atoms with Crippen LogP contribution >= 0.6 is 11.6 Å². The molecule has 1 aromatic heterocycles. The molecule has 2 N–H and O–H groups in total. The summed E-state index contributed by atoms with van der Waals surface area (Å²) in [6.45, 7) is 0. The Morgan fingerprint density at radius 1 is 1.03 bits per heavy atom. The number of hydrogen-bond donors (Lipinski definition) is 2. The Labute approximate surface area is 170 Å². The smallest absolute Gasteiger partial charge is 0.261 e. The van der Waals surface area contributed by atoms with Crippen molar-refractivity contribution >= 4 is 38.9 Å². The molecule has 0 aliphatic heterocycles. The summed E-state index contributed by atoms with van der Waals surface area (Å²) in [6, 6.07) is 11.0. The Hall–Kier alpha value is -3.04. The highest BCUT2D eigenvalue weighted by atomic mass is 35.5. The summed E-state index contributed by atoms with van der Waals surface area (Å²) < 4.78 is 53.4. The van der Waals surface area contributed by atoms with Gasteiger partial charge >= 0.3 is 0 Å². The van der Waals surface area contributed by atoms with Gasteiger partial charge in [0.25, 0.3) is 10.0 Å². The lowest BCUT2D eigenvalue weighted by molar-refractivity contribution is -0.115. The van der Waals surface area contributed by atoms with Gasteiger partial charge in [0.2, 0.25) is 5.91 Å². The van der Waals surface area contributed by atoms with E-state index in [2.05, 4.69) is 15.0 Å². The van der Waals surface area contributed by atoms with Gasteiger partial charge in [-0.1, -0.05) is 17.7 Å². The van der Waals surface area contributed by atoms with Crippen LogP contribution in [0.1, 0.15) is 5.56 Å². The van der Waals surface area contributed by atoms with Crippen LogP contribution < -0.4 is 10.0 Å². The van der Waals surface area contributed by atoms with Gasteiger partial charge in [-0.2, -0.15) is 0 Å². The van der Waals surface area contributed by atoms with Gasteiger partial charge in [0.15, 0.2) is 0 Å². The molecule has 3 rings (SSSR count). The lowest BCUT2D eigenvalue weighted by atomic mass is 10.2. The van der Waals surface area contributed by atoms with Crippen molar-refractivity contribution in [1.82, 2.24) is 4.98 Å². The summed E-state index contributed by atoms with van der Waals surface area (Å²) in [7, 11) is -4.09. The molecule has 3 aromatic rings. The largest absolute Gasteiger partial charge is 0.326 e. The van der Waals surface area contributed by atoms with Crippen molar-refractivity contribution in [1.29, 1.82) is 0 Å². The molecule has 10 heteroatoms. The zero-order chi connectivity index (χ0) is 21.0.